The van der Waals surface area contributed by atoms with Gasteiger partial charge in [0.15, 0.2) is 0 Å². The van der Waals surface area contributed by atoms with Gasteiger partial charge in [-0.3, -0.25) is 4.79 Å². The van der Waals surface area contributed by atoms with Crippen molar-refractivity contribution in [2.24, 2.45) is 0 Å². The Balaban J connectivity index is 2.66. The number of carbonyl (C=O) groups is 1. The maximum absolute atomic E-state index is 11.3. The highest BCUT2D eigenvalue weighted by atomic mass is 16.1. The highest BCUT2D eigenvalue weighted by molar-refractivity contribution is 5.94. The van der Waals surface area contributed by atoms with Gasteiger partial charge in [0.25, 0.3) is 5.91 Å². The second-order valence-corrected chi connectivity index (χ2v) is 2.49. The number of nitrogens with zero attached hydrogens (tertiary/aromatic N) is 2. The molecule has 1 aromatic rings. The minimum absolute atomic E-state index is 0.236. The number of hydrogen-bond acceptors (Lipinski definition) is 3. The molecule has 0 spiro atoms. The summed E-state index contributed by atoms with van der Waals surface area (Å²) in [5, 5.41) is 9.74. The molecule has 0 fully saturated rings. The normalized spacial score (nSPS) is 11.4. The van der Waals surface area contributed by atoms with E-state index in [0.717, 1.165) is 0 Å². The standard InChI is InChI=1S/C9H9N3O/c1-3-7(2)12-9(13)8-4-5-10-11-6-8/h1,4-7H,2H3,(H,12,13). The van der Waals surface area contributed by atoms with Crippen LogP contribution in [0.4, 0.5) is 0 Å². The number of rotatable bonds is 2. The first-order chi connectivity index (χ1) is 6.24. The van der Waals surface area contributed by atoms with Crippen molar-refractivity contribution in [2.75, 3.05) is 0 Å². The molecule has 4 heteroatoms. The molecule has 4 nitrogen and oxygen atoms in total. The molecule has 1 N–H and O–H groups in total. The van der Waals surface area contributed by atoms with E-state index in [2.05, 4.69) is 21.4 Å². The molecule has 1 heterocycles. The third kappa shape index (κ3) is 2.56. The van der Waals surface area contributed by atoms with Gasteiger partial charge in [0.1, 0.15) is 0 Å². The third-order valence-electron chi connectivity index (χ3n) is 1.44. The second-order valence-electron chi connectivity index (χ2n) is 2.49. The van der Waals surface area contributed by atoms with Crippen molar-refractivity contribution in [1.29, 1.82) is 0 Å². The zero-order chi connectivity index (χ0) is 9.68. The lowest BCUT2D eigenvalue weighted by Crippen LogP contribution is -2.31. The Hall–Kier alpha value is -1.89. The Morgan fingerprint density at radius 1 is 1.69 bits per heavy atom. The molecular weight excluding hydrogens is 166 g/mol. The minimum Gasteiger partial charge on any atom is -0.339 e. The van der Waals surface area contributed by atoms with Gasteiger partial charge < -0.3 is 5.32 Å². The van der Waals surface area contributed by atoms with Crippen LogP contribution in [0.2, 0.25) is 0 Å². The van der Waals surface area contributed by atoms with E-state index >= 15 is 0 Å². The zero-order valence-corrected chi connectivity index (χ0v) is 7.19. The first-order valence-corrected chi connectivity index (χ1v) is 3.77. The van der Waals surface area contributed by atoms with E-state index in [1.165, 1.54) is 12.4 Å². The number of terminal acetylenes is 1. The monoisotopic (exact) mass is 175 g/mol. The van der Waals surface area contributed by atoms with Crippen LogP contribution >= 0.6 is 0 Å². The molecule has 1 atom stereocenters. The zero-order valence-electron chi connectivity index (χ0n) is 7.19. The lowest BCUT2D eigenvalue weighted by atomic mass is 10.2. The van der Waals surface area contributed by atoms with Gasteiger partial charge in [-0.2, -0.15) is 10.2 Å². The maximum atomic E-state index is 11.3. The van der Waals surface area contributed by atoms with E-state index in [-0.39, 0.29) is 11.9 Å². The van der Waals surface area contributed by atoms with Crippen LogP contribution in [0.15, 0.2) is 18.5 Å². The lowest BCUT2D eigenvalue weighted by molar-refractivity contribution is 0.0947. The van der Waals surface area contributed by atoms with Gasteiger partial charge in [-0.1, -0.05) is 5.92 Å². The predicted octanol–water partition coefficient (Wildman–Crippen LogP) is 0.228. The van der Waals surface area contributed by atoms with Gasteiger partial charge in [-0.15, -0.1) is 6.42 Å². The molecule has 0 saturated heterocycles. The molecule has 0 aliphatic carbocycles. The van der Waals surface area contributed by atoms with E-state index in [4.69, 9.17) is 6.42 Å². The molecule has 1 rings (SSSR count). The Morgan fingerprint density at radius 2 is 2.46 bits per heavy atom. The summed E-state index contributed by atoms with van der Waals surface area (Å²) in [6, 6.07) is 1.30. The first kappa shape index (κ1) is 9.20. The van der Waals surface area contributed by atoms with Gasteiger partial charge in [-0.25, -0.2) is 0 Å². The van der Waals surface area contributed by atoms with Crippen LogP contribution in [0, 0.1) is 12.3 Å². The number of aromatic nitrogens is 2. The Morgan fingerprint density at radius 3 is 3.00 bits per heavy atom. The molecule has 1 amide bonds. The van der Waals surface area contributed by atoms with Crippen LogP contribution in [0.5, 0.6) is 0 Å². The average molecular weight is 175 g/mol. The fourth-order valence-corrected chi connectivity index (χ4v) is 0.747. The molecular formula is C9H9N3O. The quantitative estimate of drug-likeness (QED) is 0.654. The third-order valence-corrected chi connectivity index (χ3v) is 1.44. The Kier molecular flexibility index (Phi) is 2.98. The summed E-state index contributed by atoms with van der Waals surface area (Å²) in [6.45, 7) is 1.73. The van der Waals surface area contributed by atoms with Crippen LogP contribution in [-0.4, -0.2) is 22.1 Å². The molecule has 0 bridgehead atoms. The number of hydrogen-bond donors (Lipinski definition) is 1. The minimum atomic E-state index is -0.277. The molecule has 1 aromatic heterocycles. The molecule has 0 aliphatic heterocycles. The fraction of sp³-hybridized carbons (Fsp3) is 0.222. The first-order valence-electron chi connectivity index (χ1n) is 3.77. The van der Waals surface area contributed by atoms with Crippen LogP contribution in [0.25, 0.3) is 0 Å². The van der Waals surface area contributed by atoms with Gasteiger partial charge in [0, 0.05) is 0 Å². The van der Waals surface area contributed by atoms with Gasteiger partial charge in [0.2, 0.25) is 0 Å². The number of nitrogens with one attached hydrogen (secondary N) is 1. The maximum Gasteiger partial charge on any atom is 0.253 e. The fourth-order valence-electron chi connectivity index (χ4n) is 0.747. The van der Waals surface area contributed by atoms with Gasteiger partial charge in [-0.05, 0) is 13.0 Å². The van der Waals surface area contributed by atoms with Crippen molar-refractivity contribution in [3.8, 4) is 12.3 Å². The van der Waals surface area contributed by atoms with Crippen molar-refractivity contribution >= 4 is 5.91 Å². The van der Waals surface area contributed by atoms with Crippen molar-refractivity contribution in [1.82, 2.24) is 15.5 Å². The average Bonchev–Trinajstić information content (AvgIpc) is 2.19. The van der Waals surface area contributed by atoms with Crippen molar-refractivity contribution < 1.29 is 4.79 Å². The van der Waals surface area contributed by atoms with Crippen molar-refractivity contribution in [3.63, 3.8) is 0 Å². The molecule has 0 saturated carbocycles. The van der Waals surface area contributed by atoms with E-state index < -0.39 is 0 Å². The predicted molar refractivity (Wildman–Crippen MR) is 47.8 cm³/mol. The van der Waals surface area contributed by atoms with Crippen molar-refractivity contribution in [3.05, 3.63) is 24.0 Å². The van der Waals surface area contributed by atoms with Crippen LogP contribution in [0.3, 0.4) is 0 Å². The van der Waals surface area contributed by atoms with Crippen LogP contribution in [-0.2, 0) is 0 Å². The Bertz CT molecular complexity index is 328. The van der Waals surface area contributed by atoms with E-state index in [1.807, 2.05) is 0 Å². The topological polar surface area (TPSA) is 54.9 Å². The number of carbonyl (C=O) groups excluding carboxylic acids is 1. The summed E-state index contributed by atoms with van der Waals surface area (Å²) in [5.41, 5.74) is 0.456. The molecule has 0 radical (unpaired) electrons. The molecule has 1 unspecified atom stereocenters. The van der Waals surface area contributed by atoms with E-state index in [0.29, 0.717) is 5.56 Å². The summed E-state index contributed by atoms with van der Waals surface area (Å²) in [6.07, 6.45) is 7.95. The van der Waals surface area contributed by atoms with Crippen LogP contribution < -0.4 is 5.32 Å². The smallest absolute Gasteiger partial charge is 0.253 e. The van der Waals surface area contributed by atoms with Crippen LogP contribution in [0.1, 0.15) is 17.3 Å². The summed E-state index contributed by atoms with van der Waals surface area (Å²) in [4.78, 5) is 11.3. The summed E-state index contributed by atoms with van der Waals surface area (Å²) in [7, 11) is 0. The Labute approximate surface area is 76.4 Å². The van der Waals surface area contributed by atoms with Crippen molar-refractivity contribution in [2.45, 2.75) is 13.0 Å². The number of amides is 1. The molecule has 13 heavy (non-hydrogen) atoms. The van der Waals surface area contributed by atoms with Gasteiger partial charge >= 0.3 is 0 Å². The highest BCUT2D eigenvalue weighted by Gasteiger charge is 2.06. The summed E-state index contributed by atoms with van der Waals surface area (Å²) >= 11 is 0. The van der Waals surface area contributed by atoms with E-state index in [9.17, 15) is 4.79 Å². The molecule has 0 aromatic carbocycles. The largest absolute Gasteiger partial charge is 0.339 e. The SMILES string of the molecule is C#CC(C)NC(=O)c1ccnnc1. The van der Waals surface area contributed by atoms with Gasteiger partial charge in [0.05, 0.1) is 24.0 Å². The highest BCUT2D eigenvalue weighted by Crippen LogP contribution is 1.94. The lowest BCUT2D eigenvalue weighted by Gasteiger charge is -2.06. The molecule has 66 valence electrons. The van der Waals surface area contributed by atoms with E-state index in [1.54, 1.807) is 13.0 Å². The summed E-state index contributed by atoms with van der Waals surface area (Å²) < 4.78 is 0. The second kappa shape index (κ2) is 4.21. The summed E-state index contributed by atoms with van der Waals surface area (Å²) in [5.74, 6) is 2.16. The molecule has 0 aliphatic rings.